The van der Waals surface area contributed by atoms with E-state index in [1.165, 1.54) is 0 Å². The van der Waals surface area contributed by atoms with E-state index in [1.807, 2.05) is 23.1 Å². The van der Waals surface area contributed by atoms with Crippen LogP contribution in [0.1, 0.15) is 32.8 Å². The second-order valence-corrected chi connectivity index (χ2v) is 6.11. The summed E-state index contributed by atoms with van der Waals surface area (Å²) in [7, 11) is 0. The van der Waals surface area contributed by atoms with E-state index in [1.54, 1.807) is 0 Å². The van der Waals surface area contributed by atoms with Crippen molar-refractivity contribution in [2.75, 3.05) is 24.5 Å². The zero-order valence-electron chi connectivity index (χ0n) is 13.2. The Morgan fingerprint density at radius 3 is 2.67 bits per heavy atom. The average Bonchev–Trinajstić information content (AvgIpc) is 2.37. The van der Waals surface area contributed by atoms with E-state index in [0.717, 1.165) is 37.3 Å². The molecule has 1 rings (SSSR count). The van der Waals surface area contributed by atoms with E-state index in [0.29, 0.717) is 10.9 Å². The van der Waals surface area contributed by atoms with Crippen molar-refractivity contribution in [3.05, 3.63) is 28.8 Å². The predicted molar refractivity (Wildman–Crippen MR) is 89.7 cm³/mol. The van der Waals surface area contributed by atoms with Gasteiger partial charge in [-0.05, 0) is 36.6 Å². The molecule has 0 aliphatic carbocycles. The van der Waals surface area contributed by atoms with E-state index >= 15 is 0 Å². The summed E-state index contributed by atoms with van der Waals surface area (Å²) in [4.78, 5) is 13.2. The molecule has 0 aromatic heterocycles. The zero-order chi connectivity index (χ0) is 15.8. The van der Waals surface area contributed by atoms with E-state index in [9.17, 15) is 4.79 Å². The van der Waals surface area contributed by atoms with Crippen LogP contribution in [-0.2, 0) is 11.3 Å². The number of amides is 1. The number of primary amides is 1. The third-order valence-electron chi connectivity index (χ3n) is 3.04. The molecule has 1 aromatic carbocycles. The van der Waals surface area contributed by atoms with Crippen molar-refractivity contribution in [1.82, 2.24) is 5.32 Å². The lowest BCUT2D eigenvalue weighted by Crippen LogP contribution is -2.36. The molecule has 0 unspecified atom stereocenters. The molecule has 0 saturated heterocycles. The molecular weight excluding hydrogens is 286 g/mol. The number of carbonyl (C=O) groups is 1. The van der Waals surface area contributed by atoms with Gasteiger partial charge in [0.2, 0.25) is 5.91 Å². The van der Waals surface area contributed by atoms with Crippen molar-refractivity contribution in [3.8, 4) is 0 Å². The number of hydrogen-bond acceptors (Lipinski definition) is 3. The molecule has 0 aliphatic rings. The van der Waals surface area contributed by atoms with Crippen LogP contribution in [0, 0.1) is 5.92 Å². The van der Waals surface area contributed by atoms with Crippen LogP contribution in [0.3, 0.4) is 0 Å². The maximum absolute atomic E-state index is 11.2. The van der Waals surface area contributed by atoms with Gasteiger partial charge in [0.05, 0.1) is 17.3 Å². The largest absolute Gasteiger partial charge is 0.368 e. The molecule has 4 nitrogen and oxygen atoms in total. The molecule has 0 saturated carbocycles. The number of hydrogen-bond donors (Lipinski definition) is 2. The lowest BCUT2D eigenvalue weighted by molar-refractivity contribution is -0.116. The Hall–Kier alpha value is -1.26. The minimum atomic E-state index is -0.347. The monoisotopic (exact) mass is 311 g/mol. The van der Waals surface area contributed by atoms with Crippen molar-refractivity contribution < 1.29 is 4.79 Å². The van der Waals surface area contributed by atoms with E-state index in [-0.39, 0.29) is 12.5 Å². The molecule has 0 heterocycles. The van der Waals surface area contributed by atoms with Crippen LogP contribution in [0.5, 0.6) is 0 Å². The number of benzene rings is 1. The number of nitrogens with one attached hydrogen (secondary N) is 1. The Bertz CT molecular complexity index is 463. The van der Waals surface area contributed by atoms with Gasteiger partial charge in [-0.15, -0.1) is 0 Å². The van der Waals surface area contributed by atoms with Crippen molar-refractivity contribution in [2.45, 2.75) is 33.7 Å². The summed E-state index contributed by atoms with van der Waals surface area (Å²) in [6, 6.07) is 5.96. The summed E-state index contributed by atoms with van der Waals surface area (Å²) in [5.41, 5.74) is 7.34. The highest BCUT2D eigenvalue weighted by molar-refractivity contribution is 6.33. The molecule has 5 heteroatoms. The first-order valence-electron chi connectivity index (χ1n) is 7.46. The fourth-order valence-corrected chi connectivity index (χ4v) is 2.53. The molecule has 0 spiro atoms. The highest BCUT2D eigenvalue weighted by Crippen LogP contribution is 2.27. The fraction of sp³-hybridized carbons (Fsp3) is 0.562. The second-order valence-electron chi connectivity index (χ2n) is 5.70. The van der Waals surface area contributed by atoms with E-state index in [4.69, 9.17) is 17.3 Å². The molecule has 1 aromatic rings. The van der Waals surface area contributed by atoms with Gasteiger partial charge in [0.1, 0.15) is 0 Å². The molecule has 0 fully saturated rings. The number of nitrogens with two attached hydrogens (primary N) is 1. The summed E-state index contributed by atoms with van der Waals surface area (Å²) < 4.78 is 0. The third kappa shape index (κ3) is 6.36. The Morgan fingerprint density at radius 1 is 1.43 bits per heavy atom. The van der Waals surface area contributed by atoms with Crippen molar-refractivity contribution >= 4 is 23.2 Å². The van der Waals surface area contributed by atoms with Gasteiger partial charge in [-0.2, -0.15) is 0 Å². The molecule has 118 valence electrons. The molecule has 0 atom stereocenters. The summed E-state index contributed by atoms with van der Waals surface area (Å²) in [6.07, 6.45) is 1.10. The van der Waals surface area contributed by atoms with E-state index < -0.39 is 0 Å². The average molecular weight is 312 g/mol. The van der Waals surface area contributed by atoms with Crippen LogP contribution in [0.2, 0.25) is 5.02 Å². The highest BCUT2D eigenvalue weighted by Gasteiger charge is 2.14. The normalized spacial score (nSPS) is 10.9. The van der Waals surface area contributed by atoms with Gasteiger partial charge >= 0.3 is 0 Å². The van der Waals surface area contributed by atoms with Crippen LogP contribution in [-0.4, -0.2) is 25.5 Å². The van der Waals surface area contributed by atoms with Crippen molar-refractivity contribution in [3.63, 3.8) is 0 Å². The molecule has 0 aliphatic heterocycles. The predicted octanol–water partition coefficient (Wildman–Crippen LogP) is 2.79. The van der Waals surface area contributed by atoms with Gasteiger partial charge in [0.25, 0.3) is 0 Å². The third-order valence-corrected chi connectivity index (χ3v) is 3.34. The number of carbonyl (C=O) groups excluding carboxylic acids is 1. The van der Waals surface area contributed by atoms with Crippen LogP contribution >= 0.6 is 11.6 Å². The first-order valence-corrected chi connectivity index (χ1v) is 7.84. The van der Waals surface area contributed by atoms with Crippen molar-refractivity contribution in [1.29, 1.82) is 0 Å². The molecule has 1 amide bonds. The van der Waals surface area contributed by atoms with Gasteiger partial charge in [-0.3, -0.25) is 4.79 Å². The Morgan fingerprint density at radius 2 is 2.14 bits per heavy atom. The molecular formula is C16H26ClN3O. The molecule has 3 N–H and O–H groups in total. The SMILES string of the molecule is CCCNCc1ccc(N(CC(N)=O)CC(C)C)c(Cl)c1. The minimum Gasteiger partial charge on any atom is -0.368 e. The van der Waals surface area contributed by atoms with Gasteiger partial charge in [0.15, 0.2) is 0 Å². The second kappa shape index (κ2) is 8.90. The first-order chi connectivity index (χ1) is 9.93. The summed E-state index contributed by atoms with van der Waals surface area (Å²) >= 11 is 6.38. The molecule has 0 radical (unpaired) electrons. The first kappa shape index (κ1) is 17.8. The van der Waals surface area contributed by atoms with Crippen LogP contribution in [0.25, 0.3) is 0 Å². The highest BCUT2D eigenvalue weighted by atomic mass is 35.5. The molecule has 21 heavy (non-hydrogen) atoms. The minimum absolute atomic E-state index is 0.186. The number of rotatable bonds is 9. The Balaban J connectivity index is 2.85. The molecule has 0 bridgehead atoms. The van der Waals surface area contributed by atoms with E-state index in [2.05, 4.69) is 26.1 Å². The number of anilines is 1. The van der Waals surface area contributed by atoms with Crippen LogP contribution < -0.4 is 16.0 Å². The Labute approximate surface area is 132 Å². The van der Waals surface area contributed by atoms with Crippen LogP contribution in [0.4, 0.5) is 5.69 Å². The maximum Gasteiger partial charge on any atom is 0.236 e. The van der Waals surface area contributed by atoms with Gasteiger partial charge < -0.3 is 16.0 Å². The Kier molecular flexibility index (Phi) is 7.54. The lowest BCUT2D eigenvalue weighted by Gasteiger charge is -2.26. The quantitative estimate of drug-likeness (QED) is 0.689. The summed E-state index contributed by atoms with van der Waals surface area (Å²) in [5, 5.41) is 4.01. The smallest absolute Gasteiger partial charge is 0.236 e. The summed E-state index contributed by atoms with van der Waals surface area (Å²) in [6.45, 7) is 9.06. The van der Waals surface area contributed by atoms with Gasteiger partial charge in [0, 0.05) is 13.1 Å². The summed E-state index contributed by atoms with van der Waals surface area (Å²) in [5.74, 6) is 0.0757. The number of nitrogens with zero attached hydrogens (tertiary/aromatic N) is 1. The number of halogens is 1. The maximum atomic E-state index is 11.2. The van der Waals surface area contributed by atoms with Gasteiger partial charge in [-0.1, -0.05) is 38.4 Å². The van der Waals surface area contributed by atoms with Crippen LogP contribution in [0.15, 0.2) is 18.2 Å². The zero-order valence-corrected chi connectivity index (χ0v) is 13.9. The van der Waals surface area contributed by atoms with Crippen molar-refractivity contribution in [2.24, 2.45) is 11.7 Å². The fourth-order valence-electron chi connectivity index (χ4n) is 2.20. The topological polar surface area (TPSA) is 58.4 Å². The lowest BCUT2D eigenvalue weighted by atomic mass is 10.1. The van der Waals surface area contributed by atoms with Gasteiger partial charge in [-0.25, -0.2) is 0 Å². The standard InChI is InChI=1S/C16H26ClN3O/c1-4-7-19-9-13-5-6-15(14(17)8-13)20(10-12(2)3)11-16(18)21/h5-6,8,12,19H,4,7,9-11H2,1-3H3,(H2,18,21).